The molecule has 0 heterocycles. The molecule has 0 bridgehead atoms. The van der Waals surface area contributed by atoms with E-state index in [1.165, 1.54) is 0 Å². The van der Waals surface area contributed by atoms with Crippen LogP contribution >= 0.6 is 0 Å². The van der Waals surface area contributed by atoms with Crippen LogP contribution in [0.1, 0.15) is 40.5 Å². The summed E-state index contributed by atoms with van der Waals surface area (Å²) in [6.07, 6.45) is 0.917. The molecule has 4 heteroatoms. The third-order valence-electron chi connectivity index (χ3n) is 2.47. The van der Waals surface area contributed by atoms with E-state index in [9.17, 15) is 4.79 Å². The highest BCUT2D eigenvalue weighted by Crippen LogP contribution is 2.04. The summed E-state index contributed by atoms with van der Waals surface area (Å²) >= 11 is 0. The maximum Gasteiger partial charge on any atom is 0.224 e. The first-order chi connectivity index (χ1) is 8.01. The maximum atomic E-state index is 12.0. The van der Waals surface area contributed by atoms with Crippen molar-refractivity contribution in [2.75, 3.05) is 19.6 Å². The molecule has 1 N–H and O–H groups in total. The molecule has 17 heavy (non-hydrogen) atoms. The average molecular weight is 239 g/mol. The number of carbonyl (C=O) groups excluding carboxylic acids is 1. The number of carbonyl (C=O) groups is 1. The van der Waals surface area contributed by atoms with Crippen LogP contribution in [0.3, 0.4) is 0 Å². The Morgan fingerprint density at radius 1 is 1.41 bits per heavy atom. The zero-order chi connectivity index (χ0) is 13.3. The van der Waals surface area contributed by atoms with E-state index in [0.717, 1.165) is 13.1 Å². The molecule has 98 valence electrons. The van der Waals surface area contributed by atoms with Crippen LogP contribution in [0.15, 0.2) is 0 Å². The molecular weight excluding hydrogens is 214 g/mol. The van der Waals surface area contributed by atoms with Gasteiger partial charge in [-0.15, -0.1) is 0 Å². The summed E-state index contributed by atoms with van der Waals surface area (Å²) in [5.41, 5.74) is 0. The molecule has 0 aliphatic rings. The standard InChI is InChI=1S/C13H25N3O/c1-5-15-12(4)9-13(17)16(8-6-7-14)10-11(2)3/h11-12,15H,5-6,8-10H2,1-4H3. The van der Waals surface area contributed by atoms with Gasteiger partial charge in [-0.05, 0) is 19.4 Å². The van der Waals surface area contributed by atoms with Crippen molar-refractivity contribution >= 4 is 5.91 Å². The minimum atomic E-state index is 0.141. The van der Waals surface area contributed by atoms with E-state index in [-0.39, 0.29) is 11.9 Å². The van der Waals surface area contributed by atoms with Gasteiger partial charge in [0.1, 0.15) is 0 Å². The van der Waals surface area contributed by atoms with E-state index >= 15 is 0 Å². The molecule has 0 saturated carbocycles. The van der Waals surface area contributed by atoms with Gasteiger partial charge >= 0.3 is 0 Å². The summed E-state index contributed by atoms with van der Waals surface area (Å²) in [4.78, 5) is 13.9. The summed E-state index contributed by atoms with van der Waals surface area (Å²) in [7, 11) is 0. The maximum absolute atomic E-state index is 12.0. The molecule has 1 atom stereocenters. The van der Waals surface area contributed by atoms with Crippen molar-refractivity contribution in [3.05, 3.63) is 0 Å². The van der Waals surface area contributed by atoms with Gasteiger partial charge in [0.15, 0.2) is 0 Å². The second-order valence-electron chi connectivity index (χ2n) is 4.80. The number of nitrogens with zero attached hydrogens (tertiary/aromatic N) is 2. The second kappa shape index (κ2) is 9.00. The lowest BCUT2D eigenvalue weighted by Crippen LogP contribution is -2.39. The summed E-state index contributed by atoms with van der Waals surface area (Å²) in [5, 5.41) is 11.8. The van der Waals surface area contributed by atoms with Gasteiger partial charge < -0.3 is 10.2 Å². The topological polar surface area (TPSA) is 56.1 Å². The van der Waals surface area contributed by atoms with Gasteiger partial charge in [-0.25, -0.2) is 0 Å². The molecule has 0 aliphatic carbocycles. The lowest BCUT2D eigenvalue weighted by atomic mass is 10.1. The van der Waals surface area contributed by atoms with Crippen LogP contribution in [-0.4, -0.2) is 36.5 Å². The molecule has 0 saturated heterocycles. The predicted molar refractivity (Wildman–Crippen MR) is 69.4 cm³/mol. The van der Waals surface area contributed by atoms with E-state index in [0.29, 0.717) is 25.3 Å². The number of nitriles is 1. The van der Waals surface area contributed by atoms with Gasteiger partial charge in [-0.2, -0.15) is 5.26 Å². The summed E-state index contributed by atoms with van der Waals surface area (Å²) in [6.45, 7) is 10.4. The van der Waals surface area contributed by atoms with E-state index in [2.05, 4.69) is 25.2 Å². The van der Waals surface area contributed by atoms with Crippen LogP contribution in [0.2, 0.25) is 0 Å². The van der Waals surface area contributed by atoms with Crippen LogP contribution in [0.4, 0.5) is 0 Å². The van der Waals surface area contributed by atoms with E-state index < -0.39 is 0 Å². The van der Waals surface area contributed by atoms with Gasteiger partial charge in [-0.3, -0.25) is 4.79 Å². The van der Waals surface area contributed by atoms with E-state index in [1.807, 2.05) is 18.7 Å². The van der Waals surface area contributed by atoms with Crippen LogP contribution in [0.5, 0.6) is 0 Å². The number of hydrogen-bond donors (Lipinski definition) is 1. The van der Waals surface area contributed by atoms with E-state index in [4.69, 9.17) is 5.26 Å². The van der Waals surface area contributed by atoms with Crippen LogP contribution in [-0.2, 0) is 4.79 Å². The molecule has 0 spiro atoms. The molecule has 1 unspecified atom stereocenters. The largest absolute Gasteiger partial charge is 0.341 e. The van der Waals surface area contributed by atoms with E-state index in [1.54, 1.807) is 0 Å². The third-order valence-corrected chi connectivity index (χ3v) is 2.47. The van der Waals surface area contributed by atoms with Crippen molar-refractivity contribution in [2.45, 2.75) is 46.6 Å². The Hall–Kier alpha value is -1.08. The summed E-state index contributed by atoms with van der Waals surface area (Å²) in [5.74, 6) is 0.578. The Balaban J connectivity index is 4.26. The third kappa shape index (κ3) is 7.76. The molecule has 4 nitrogen and oxygen atoms in total. The van der Waals surface area contributed by atoms with Crippen molar-refractivity contribution < 1.29 is 4.79 Å². The van der Waals surface area contributed by atoms with Gasteiger partial charge in [0.25, 0.3) is 0 Å². The average Bonchev–Trinajstić information content (AvgIpc) is 2.23. The Kier molecular flexibility index (Phi) is 8.43. The van der Waals surface area contributed by atoms with Crippen LogP contribution in [0.25, 0.3) is 0 Å². The Morgan fingerprint density at radius 2 is 2.06 bits per heavy atom. The van der Waals surface area contributed by atoms with Crippen molar-refractivity contribution in [2.24, 2.45) is 5.92 Å². The Morgan fingerprint density at radius 3 is 2.53 bits per heavy atom. The molecule has 0 radical (unpaired) electrons. The molecule has 0 aromatic heterocycles. The fraction of sp³-hybridized carbons (Fsp3) is 0.846. The van der Waals surface area contributed by atoms with Crippen molar-refractivity contribution in [3.63, 3.8) is 0 Å². The highest BCUT2D eigenvalue weighted by molar-refractivity contribution is 5.76. The lowest BCUT2D eigenvalue weighted by molar-refractivity contribution is -0.132. The van der Waals surface area contributed by atoms with Crippen molar-refractivity contribution in [1.29, 1.82) is 5.26 Å². The highest BCUT2D eigenvalue weighted by atomic mass is 16.2. The fourth-order valence-corrected chi connectivity index (χ4v) is 1.76. The molecule has 1 amide bonds. The molecule has 0 rings (SSSR count). The molecule has 0 aliphatic heterocycles. The summed E-state index contributed by atoms with van der Waals surface area (Å²) in [6, 6.07) is 2.29. The zero-order valence-corrected chi connectivity index (χ0v) is 11.5. The van der Waals surface area contributed by atoms with Gasteiger partial charge in [0, 0.05) is 25.6 Å². The monoisotopic (exact) mass is 239 g/mol. The number of amides is 1. The first-order valence-electron chi connectivity index (χ1n) is 6.39. The first kappa shape index (κ1) is 15.9. The lowest BCUT2D eigenvalue weighted by Gasteiger charge is -2.25. The van der Waals surface area contributed by atoms with Crippen LogP contribution < -0.4 is 5.32 Å². The zero-order valence-electron chi connectivity index (χ0n) is 11.5. The van der Waals surface area contributed by atoms with Gasteiger partial charge in [-0.1, -0.05) is 20.8 Å². The molecule has 0 fully saturated rings. The fourth-order valence-electron chi connectivity index (χ4n) is 1.76. The SMILES string of the molecule is CCNC(C)CC(=O)N(CCC#N)CC(C)C. The van der Waals surface area contributed by atoms with Crippen molar-refractivity contribution in [3.8, 4) is 6.07 Å². The van der Waals surface area contributed by atoms with Crippen molar-refractivity contribution in [1.82, 2.24) is 10.2 Å². The first-order valence-corrected chi connectivity index (χ1v) is 6.39. The van der Waals surface area contributed by atoms with Gasteiger partial charge in [0.2, 0.25) is 5.91 Å². The van der Waals surface area contributed by atoms with Crippen LogP contribution in [0, 0.1) is 17.2 Å². The number of nitrogens with one attached hydrogen (secondary N) is 1. The second-order valence-corrected chi connectivity index (χ2v) is 4.80. The molecular formula is C13H25N3O. The summed E-state index contributed by atoms with van der Waals surface area (Å²) < 4.78 is 0. The Bertz CT molecular complexity index is 258. The number of hydrogen-bond acceptors (Lipinski definition) is 3. The quantitative estimate of drug-likeness (QED) is 0.702. The smallest absolute Gasteiger partial charge is 0.224 e. The Labute approximate surface area is 105 Å². The minimum absolute atomic E-state index is 0.141. The minimum Gasteiger partial charge on any atom is -0.341 e. The normalized spacial score (nSPS) is 12.2. The number of rotatable bonds is 8. The predicted octanol–water partition coefficient (Wildman–Crippen LogP) is 1.77. The van der Waals surface area contributed by atoms with Gasteiger partial charge in [0.05, 0.1) is 12.5 Å². The highest BCUT2D eigenvalue weighted by Gasteiger charge is 2.16. The molecule has 0 aromatic rings. The molecule has 0 aromatic carbocycles.